The van der Waals surface area contributed by atoms with Crippen LogP contribution in [0.25, 0.3) is 0 Å². The summed E-state index contributed by atoms with van der Waals surface area (Å²) in [5.41, 5.74) is 0. The summed E-state index contributed by atoms with van der Waals surface area (Å²) in [6.07, 6.45) is 12.1. The van der Waals surface area contributed by atoms with Crippen molar-refractivity contribution >= 4 is 0 Å². The molecule has 2 aliphatic rings. The molecular weight excluding hydrogens is 156 g/mol. The molecule has 0 spiro atoms. The van der Waals surface area contributed by atoms with E-state index in [-0.39, 0.29) is 0 Å². The molecule has 0 radical (unpaired) electrons. The van der Waals surface area contributed by atoms with Crippen molar-refractivity contribution < 1.29 is 0 Å². The maximum atomic E-state index is 2.48. The van der Waals surface area contributed by atoms with E-state index in [0.717, 1.165) is 17.8 Å². The topological polar surface area (TPSA) is 0 Å². The van der Waals surface area contributed by atoms with Crippen molar-refractivity contribution in [3.8, 4) is 0 Å². The summed E-state index contributed by atoms with van der Waals surface area (Å²) in [7, 11) is 0. The van der Waals surface area contributed by atoms with Crippen LogP contribution in [0.1, 0.15) is 52.9 Å². The van der Waals surface area contributed by atoms with Crippen LogP contribution in [0.15, 0.2) is 12.2 Å². The van der Waals surface area contributed by atoms with Gasteiger partial charge in [-0.2, -0.15) is 0 Å². The normalized spacial score (nSPS) is 37.3. The molecule has 2 aliphatic carbocycles. The molecule has 3 unspecified atom stereocenters. The lowest BCUT2D eigenvalue weighted by Crippen LogP contribution is -2.26. The second-order valence-electron chi connectivity index (χ2n) is 4.25. The predicted octanol–water partition coefficient (Wildman–Crippen LogP) is 4.42. The predicted molar refractivity (Wildman–Crippen MR) is 59.7 cm³/mol. The zero-order valence-electron chi connectivity index (χ0n) is 9.42. The third-order valence-corrected chi connectivity index (χ3v) is 3.50. The van der Waals surface area contributed by atoms with Crippen LogP contribution >= 0.6 is 0 Å². The molecule has 0 saturated heterocycles. The van der Waals surface area contributed by atoms with Gasteiger partial charge in [0.2, 0.25) is 0 Å². The van der Waals surface area contributed by atoms with E-state index in [9.17, 15) is 0 Å². The van der Waals surface area contributed by atoms with Crippen molar-refractivity contribution in [2.45, 2.75) is 52.9 Å². The summed E-state index contributed by atoms with van der Waals surface area (Å²) in [6.45, 7) is 6.42. The molecule has 76 valence electrons. The van der Waals surface area contributed by atoms with Gasteiger partial charge >= 0.3 is 0 Å². The van der Waals surface area contributed by atoms with Crippen molar-refractivity contribution in [3.63, 3.8) is 0 Å². The van der Waals surface area contributed by atoms with E-state index in [2.05, 4.69) is 19.1 Å². The molecule has 0 bridgehead atoms. The minimum atomic E-state index is 0.951. The molecule has 1 saturated carbocycles. The van der Waals surface area contributed by atoms with Gasteiger partial charge in [0.15, 0.2) is 0 Å². The summed E-state index contributed by atoms with van der Waals surface area (Å²) < 4.78 is 0. The van der Waals surface area contributed by atoms with Crippen molar-refractivity contribution in [3.05, 3.63) is 12.2 Å². The fourth-order valence-corrected chi connectivity index (χ4v) is 2.78. The Balaban J connectivity index is 0.000000396. The fourth-order valence-electron chi connectivity index (χ4n) is 2.78. The van der Waals surface area contributed by atoms with Crippen LogP contribution in [0.4, 0.5) is 0 Å². The smallest absolute Gasteiger partial charge is 0.0202 e. The molecule has 0 aromatic heterocycles. The molecule has 0 aromatic carbocycles. The number of allylic oxidation sites excluding steroid dienone is 2. The highest BCUT2D eigenvalue weighted by Gasteiger charge is 2.29. The van der Waals surface area contributed by atoms with Gasteiger partial charge < -0.3 is 0 Å². The second kappa shape index (κ2) is 5.47. The zero-order chi connectivity index (χ0) is 9.68. The summed E-state index contributed by atoms with van der Waals surface area (Å²) in [4.78, 5) is 0. The van der Waals surface area contributed by atoms with Crippen LogP contribution in [0, 0.1) is 17.8 Å². The van der Waals surface area contributed by atoms with Gasteiger partial charge in [-0.1, -0.05) is 45.8 Å². The maximum absolute atomic E-state index is 2.48. The second-order valence-corrected chi connectivity index (χ2v) is 4.25. The number of hydrogen-bond acceptors (Lipinski definition) is 0. The zero-order valence-corrected chi connectivity index (χ0v) is 9.42. The Hall–Kier alpha value is -0.260. The Bertz CT molecular complexity index is 157. The minimum Gasteiger partial charge on any atom is -0.0880 e. The van der Waals surface area contributed by atoms with Crippen LogP contribution in [0.3, 0.4) is 0 Å². The average Bonchev–Trinajstić information content (AvgIpc) is 2.22. The van der Waals surface area contributed by atoms with Crippen LogP contribution in [-0.4, -0.2) is 0 Å². The molecule has 2 rings (SSSR count). The highest BCUT2D eigenvalue weighted by atomic mass is 14.3. The lowest BCUT2D eigenvalue weighted by atomic mass is 9.69. The first-order valence-electron chi connectivity index (χ1n) is 6.04. The van der Waals surface area contributed by atoms with E-state index in [4.69, 9.17) is 0 Å². The number of rotatable bonds is 0. The lowest BCUT2D eigenvalue weighted by molar-refractivity contribution is 0.196. The molecule has 0 heteroatoms. The van der Waals surface area contributed by atoms with Gasteiger partial charge in [0.05, 0.1) is 0 Å². The first kappa shape index (κ1) is 10.8. The van der Waals surface area contributed by atoms with E-state index in [1.807, 2.05) is 13.8 Å². The van der Waals surface area contributed by atoms with Gasteiger partial charge in [-0.3, -0.25) is 0 Å². The molecule has 3 atom stereocenters. The highest BCUT2D eigenvalue weighted by Crippen LogP contribution is 2.40. The van der Waals surface area contributed by atoms with E-state index in [1.165, 1.54) is 32.1 Å². The minimum absolute atomic E-state index is 0.951. The third-order valence-electron chi connectivity index (χ3n) is 3.50. The summed E-state index contributed by atoms with van der Waals surface area (Å²) in [5, 5.41) is 0. The monoisotopic (exact) mass is 180 g/mol. The number of hydrogen-bond donors (Lipinski definition) is 0. The van der Waals surface area contributed by atoms with Crippen molar-refractivity contribution in [1.82, 2.24) is 0 Å². The quantitative estimate of drug-likeness (QED) is 0.484. The molecule has 13 heavy (non-hydrogen) atoms. The number of fused-ring (bicyclic) bond motifs is 1. The van der Waals surface area contributed by atoms with Crippen LogP contribution in [0.5, 0.6) is 0 Å². The molecule has 0 aliphatic heterocycles. The molecular formula is C13H24. The Kier molecular flexibility index (Phi) is 4.55. The highest BCUT2D eigenvalue weighted by molar-refractivity contribution is 5.00. The van der Waals surface area contributed by atoms with E-state index in [0.29, 0.717) is 0 Å². The summed E-state index contributed by atoms with van der Waals surface area (Å²) in [6, 6.07) is 0. The van der Waals surface area contributed by atoms with Gasteiger partial charge in [-0.25, -0.2) is 0 Å². The van der Waals surface area contributed by atoms with E-state index in [1.54, 1.807) is 0 Å². The first-order valence-corrected chi connectivity index (χ1v) is 6.04. The van der Waals surface area contributed by atoms with Crippen LogP contribution < -0.4 is 0 Å². The molecule has 0 N–H and O–H groups in total. The van der Waals surface area contributed by atoms with Gasteiger partial charge in [0.25, 0.3) is 0 Å². The Labute approximate surface area is 83.4 Å². The standard InChI is InChI=1S/C11H18.C2H6/c1-9-5-4-7-10-6-2-3-8-11(9)10;1-2/h4,7,9-11H,2-3,5-6,8H2,1H3;1-2H3. The molecule has 0 aromatic rings. The largest absolute Gasteiger partial charge is 0.0880 e. The SMILES string of the molecule is CC.CC1CC=CC2CCCCC12. The Morgan fingerprint density at radius 3 is 2.46 bits per heavy atom. The summed E-state index contributed by atoms with van der Waals surface area (Å²) >= 11 is 0. The molecule has 1 fully saturated rings. The van der Waals surface area contributed by atoms with Gasteiger partial charge in [-0.15, -0.1) is 0 Å². The van der Waals surface area contributed by atoms with Gasteiger partial charge in [-0.05, 0) is 37.0 Å². The molecule has 0 amide bonds. The first-order chi connectivity index (χ1) is 6.38. The van der Waals surface area contributed by atoms with E-state index < -0.39 is 0 Å². The lowest BCUT2D eigenvalue weighted by Gasteiger charge is -2.36. The van der Waals surface area contributed by atoms with Crippen molar-refractivity contribution in [1.29, 1.82) is 0 Å². The Morgan fingerprint density at radius 1 is 1.08 bits per heavy atom. The van der Waals surface area contributed by atoms with E-state index >= 15 is 0 Å². The van der Waals surface area contributed by atoms with Gasteiger partial charge in [0.1, 0.15) is 0 Å². The Morgan fingerprint density at radius 2 is 1.77 bits per heavy atom. The molecule has 0 heterocycles. The molecule has 0 nitrogen and oxygen atoms in total. The van der Waals surface area contributed by atoms with Crippen molar-refractivity contribution in [2.24, 2.45) is 17.8 Å². The van der Waals surface area contributed by atoms with Crippen molar-refractivity contribution in [2.75, 3.05) is 0 Å². The summed E-state index contributed by atoms with van der Waals surface area (Å²) in [5.74, 6) is 2.95. The maximum Gasteiger partial charge on any atom is -0.0202 e. The van der Waals surface area contributed by atoms with Crippen LogP contribution in [-0.2, 0) is 0 Å². The third kappa shape index (κ3) is 2.59. The average molecular weight is 180 g/mol. The fraction of sp³-hybridized carbons (Fsp3) is 0.846. The van der Waals surface area contributed by atoms with Crippen LogP contribution in [0.2, 0.25) is 0 Å². The van der Waals surface area contributed by atoms with Gasteiger partial charge in [0, 0.05) is 0 Å².